The number of nitrogens with zero attached hydrogens (tertiary/aromatic N) is 2. The monoisotopic (exact) mass is 450 g/mol. The summed E-state index contributed by atoms with van der Waals surface area (Å²) in [6, 6.07) is 15.5. The first-order valence-electron chi connectivity index (χ1n) is 10.8. The molecule has 0 atom stereocenters. The number of hydrogen-bond donors (Lipinski definition) is 0. The third-order valence-corrected chi connectivity index (χ3v) is 6.47. The molecule has 166 valence electrons. The Morgan fingerprint density at radius 2 is 1.84 bits per heavy atom. The molecule has 32 heavy (non-hydrogen) atoms. The zero-order valence-electron chi connectivity index (χ0n) is 18.1. The lowest BCUT2D eigenvalue weighted by Crippen LogP contribution is -2.44. The molecule has 0 unspecified atom stereocenters. The number of likely N-dealkylation sites (tertiary alicyclic amines) is 1. The van der Waals surface area contributed by atoms with Gasteiger partial charge in [0, 0.05) is 18.7 Å². The molecule has 0 aromatic heterocycles. The maximum Gasteiger partial charge on any atom is 0.294 e. The van der Waals surface area contributed by atoms with Gasteiger partial charge < -0.3 is 9.64 Å². The highest BCUT2D eigenvalue weighted by atomic mass is 32.2. The van der Waals surface area contributed by atoms with Crippen molar-refractivity contribution in [3.8, 4) is 5.75 Å². The van der Waals surface area contributed by atoms with Gasteiger partial charge in [0.15, 0.2) is 0 Å². The van der Waals surface area contributed by atoms with E-state index in [9.17, 15) is 14.4 Å². The van der Waals surface area contributed by atoms with Gasteiger partial charge in [-0.1, -0.05) is 48.0 Å². The number of piperidine rings is 1. The summed E-state index contributed by atoms with van der Waals surface area (Å²) in [6.45, 7) is 3.61. The first-order valence-corrected chi connectivity index (χ1v) is 11.6. The van der Waals surface area contributed by atoms with E-state index in [1.165, 1.54) is 0 Å². The maximum atomic E-state index is 12.9. The highest BCUT2D eigenvalue weighted by molar-refractivity contribution is 8.18. The number of ether oxygens (including phenoxy) is 1. The molecule has 0 bridgehead atoms. The number of amides is 3. The van der Waals surface area contributed by atoms with E-state index >= 15 is 0 Å². The van der Waals surface area contributed by atoms with Gasteiger partial charge in [0.2, 0.25) is 5.91 Å². The number of hydrogen-bond acceptors (Lipinski definition) is 5. The predicted molar refractivity (Wildman–Crippen MR) is 125 cm³/mol. The Hall–Kier alpha value is -3.06. The number of benzene rings is 2. The van der Waals surface area contributed by atoms with Crippen molar-refractivity contribution in [1.82, 2.24) is 9.80 Å². The van der Waals surface area contributed by atoms with Gasteiger partial charge in [-0.05, 0) is 55.7 Å². The second-order valence-corrected chi connectivity index (χ2v) is 9.02. The first-order chi connectivity index (χ1) is 15.5. The van der Waals surface area contributed by atoms with Crippen molar-refractivity contribution in [3.63, 3.8) is 0 Å². The van der Waals surface area contributed by atoms with Crippen molar-refractivity contribution in [2.24, 2.45) is 0 Å². The van der Waals surface area contributed by atoms with Gasteiger partial charge in [-0.25, -0.2) is 0 Å². The minimum Gasteiger partial charge on any atom is -0.488 e. The predicted octanol–water partition coefficient (Wildman–Crippen LogP) is 4.62. The van der Waals surface area contributed by atoms with E-state index in [0.29, 0.717) is 35.9 Å². The quantitative estimate of drug-likeness (QED) is 0.601. The summed E-state index contributed by atoms with van der Waals surface area (Å²) in [4.78, 5) is 41.0. The van der Waals surface area contributed by atoms with E-state index in [1.807, 2.05) is 49.4 Å². The van der Waals surface area contributed by atoms with Crippen molar-refractivity contribution >= 4 is 34.9 Å². The summed E-state index contributed by atoms with van der Waals surface area (Å²) < 4.78 is 6.00. The third kappa shape index (κ3) is 5.22. The molecule has 2 aromatic rings. The van der Waals surface area contributed by atoms with Gasteiger partial charge >= 0.3 is 0 Å². The number of imide groups is 1. The fourth-order valence-corrected chi connectivity index (χ4v) is 4.68. The van der Waals surface area contributed by atoms with Crippen molar-refractivity contribution in [1.29, 1.82) is 0 Å². The lowest BCUT2D eigenvalue weighted by atomic mass is 10.1. The summed E-state index contributed by atoms with van der Waals surface area (Å²) in [7, 11) is 0. The zero-order valence-corrected chi connectivity index (χ0v) is 18.9. The molecule has 0 aliphatic carbocycles. The fraction of sp³-hybridized carbons (Fsp3) is 0.320. The van der Waals surface area contributed by atoms with Crippen LogP contribution in [0, 0.1) is 6.92 Å². The molecule has 2 fully saturated rings. The maximum absolute atomic E-state index is 12.9. The number of aryl methyl sites for hydroxylation is 1. The summed E-state index contributed by atoms with van der Waals surface area (Å²) in [5, 5.41) is -0.412. The van der Waals surface area contributed by atoms with Crippen LogP contribution in [-0.4, -0.2) is 46.5 Å². The Balaban J connectivity index is 1.46. The normalized spacial score (nSPS) is 17.8. The van der Waals surface area contributed by atoms with E-state index in [4.69, 9.17) is 4.74 Å². The second kappa shape index (κ2) is 10.0. The minimum atomic E-state index is -0.432. The molecule has 3 amide bonds. The highest BCUT2D eigenvalue weighted by Crippen LogP contribution is 2.34. The van der Waals surface area contributed by atoms with Crippen LogP contribution in [0.1, 0.15) is 36.0 Å². The molecule has 2 heterocycles. The lowest BCUT2D eigenvalue weighted by molar-refractivity contribution is -0.136. The number of carbonyl (C=O) groups excluding carboxylic acids is 3. The van der Waals surface area contributed by atoms with Gasteiger partial charge in [0.25, 0.3) is 11.1 Å². The van der Waals surface area contributed by atoms with Crippen molar-refractivity contribution in [3.05, 3.63) is 70.1 Å². The zero-order chi connectivity index (χ0) is 22.5. The fourth-order valence-electron chi connectivity index (χ4n) is 3.85. The van der Waals surface area contributed by atoms with Gasteiger partial charge in [-0.2, -0.15) is 0 Å². The van der Waals surface area contributed by atoms with Gasteiger partial charge in [0.1, 0.15) is 18.9 Å². The standard InChI is InChI=1S/C25H26N2O4S/c1-18-8-7-9-19(14-18)17-31-21-11-4-3-10-20(21)15-22-24(29)27(25(30)32-22)16-23(28)26-12-5-2-6-13-26/h3-4,7-11,14-15H,2,5-6,12-13,16-17H2,1H3/b22-15-. The number of rotatable bonds is 6. The van der Waals surface area contributed by atoms with Crippen LogP contribution in [0.3, 0.4) is 0 Å². The molecular weight excluding hydrogens is 424 g/mol. The van der Waals surface area contributed by atoms with E-state index in [-0.39, 0.29) is 12.5 Å². The molecule has 0 spiro atoms. The molecule has 6 nitrogen and oxygen atoms in total. The molecular formula is C25H26N2O4S. The van der Waals surface area contributed by atoms with Crippen LogP contribution in [0.2, 0.25) is 0 Å². The van der Waals surface area contributed by atoms with E-state index in [0.717, 1.165) is 47.1 Å². The SMILES string of the molecule is Cc1cccc(COc2ccccc2/C=C2\SC(=O)N(CC(=O)N3CCCCC3)C2=O)c1. The average Bonchev–Trinajstić information content (AvgIpc) is 3.06. The van der Waals surface area contributed by atoms with Crippen LogP contribution >= 0.6 is 11.8 Å². The Morgan fingerprint density at radius 1 is 1.06 bits per heavy atom. The van der Waals surface area contributed by atoms with E-state index in [1.54, 1.807) is 11.0 Å². The van der Waals surface area contributed by atoms with Crippen LogP contribution in [0.4, 0.5) is 4.79 Å². The van der Waals surface area contributed by atoms with Crippen LogP contribution in [0.15, 0.2) is 53.4 Å². The van der Waals surface area contributed by atoms with Gasteiger partial charge in [0.05, 0.1) is 4.91 Å². The largest absolute Gasteiger partial charge is 0.488 e. The van der Waals surface area contributed by atoms with Crippen LogP contribution < -0.4 is 4.74 Å². The minimum absolute atomic E-state index is 0.171. The number of thioether (sulfide) groups is 1. The van der Waals surface area contributed by atoms with Crippen molar-refractivity contribution < 1.29 is 19.1 Å². The first kappa shape index (κ1) is 22.1. The molecule has 2 aliphatic heterocycles. The molecule has 4 rings (SSSR count). The molecule has 0 N–H and O–H groups in total. The topological polar surface area (TPSA) is 66.9 Å². The van der Waals surface area contributed by atoms with Gasteiger partial charge in [-0.15, -0.1) is 0 Å². The average molecular weight is 451 g/mol. The van der Waals surface area contributed by atoms with Crippen LogP contribution in [0.25, 0.3) is 6.08 Å². The molecule has 7 heteroatoms. The highest BCUT2D eigenvalue weighted by Gasteiger charge is 2.37. The summed E-state index contributed by atoms with van der Waals surface area (Å²) in [5.41, 5.74) is 2.93. The molecule has 0 radical (unpaired) electrons. The van der Waals surface area contributed by atoms with Crippen molar-refractivity contribution in [2.45, 2.75) is 32.8 Å². The summed E-state index contributed by atoms with van der Waals surface area (Å²) in [6.07, 6.45) is 4.71. The molecule has 2 aromatic carbocycles. The number of para-hydroxylation sites is 1. The summed E-state index contributed by atoms with van der Waals surface area (Å²) >= 11 is 0.863. The van der Waals surface area contributed by atoms with Gasteiger partial charge in [-0.3, -0.25) is 19.3 Å². The second-order valence-electron chi connectivity index (χ2n) is 8.02. The van der Waals surface area contributed by atoms with E-state index in [2.05, 4.69) is 6.07 Å². The Kier molecular flexibility index (Phi) is 6.95. The Bertz CT molecular complexity index is 1060. The Morgan fingerprint density at radius 3 is 2.62 bits per heavy atom. The summed E-state index contributed by atoms with van der Waals surface area (Å²) in [5.74, 6) is 0.0270. The van der Waals surface area contributed by atoms with Crippen LogP contribution in [0.5, 0.6) is 5.75 Å². The number of carbonyl (C=O) groups is 3. The smallest absolute Gasteiger partial charge is 0.294 e. The molecule has 2 aliphatic rings. The molecule has 2 saturated heterocycles. The third-order valence-electron chi connectivity index (χ3n) is 5.56. The van der Waals surface area contributed by atoms with Crippen molar-refractivity contribution in [2.75, 3.05) is 19.6 Å². The Labute approximate surface area is 192 Å². The molecule has 0 saturated carbocycles. The van der Waals surface area contributed by atoms with Crippen LogP contribution in [-0.2, 0) is 16.2 Å². The van der Waals surface area contributed by atoms with E-state index < -0.39 is 11.1 Å². The lowest BCUT2D eigenvalue weighted by Gasteiger charge is -2.27.